The van der Waals surface area contributed by atoms with Gasteiger partial charge < -0.3 is 9.64 Å². The number of benzene rings is 1. The van der Waals surface area contributed by atoms with Gasteiger partial charge in [0.2, 0.25) is 0 Å². The van der Waals surface area contributed by atoms with E-state index in [1.165, 1.54) is 4.90 Å². The van der Waals surface area contributed by atoms with Crippen LogP contribution in [0.5, 0.6) is 0 Å². The minimum atomic E-state index is -0.507. The van der Waals surface area contributed by atoms with E-state index in [4.69, 9.17) is 17.0 Å². The van der Waals surface area contributed by atoms with Crippen molar-refractivity contribution in [3.8, 4) is 0 Å². The van der Waals surface area contributed by atoms with E-state index in [9.17, 15) is 14.4 Å². The van der Waals surface area contributed by atoms with Crippen molar-refractivity contribution in [2.75, 3.05) is 24.6 Å². The molecule has 0 unspecified atom stereocenters. The van der Waals surface area contributed by atoms with Gasteiger partial charge in [-0.05, 0) is 31.5 Å². The maximum absolute atomic E-state index is 13.0. The number of nitrogens with zero attached hydrogens (tertiary/aromatic N) is 2. The number of carbonyl (C=O) groups is 3. The number of hydrogen-bond acceptors (Lipinski definition) is 6. The molecule has 0 saturated carbocycles. The van der Waals surface area contributed by atoms with Crippen molar-refractivity contribution in [3.05, 3.63) is 33.1 Å². The third kappa shape index (κ3) is 3.88. The van der Waals surface area contributed by atoms with Gasteiger partial charge >= 0.3 is 5.97 Å². The third-order valence-corrected chi connectivity index (χ3v) is 6.36. The number of ether oxygens (including phenoxy) is 1. The molecule has 148 valence electrons. The number of unbranched alkanes of at least 4 members (excludes halogenated alkanes) is 1. The highest BCUT2D eigenvalue weighted by Gasteiger charge is 2.42. The lowest BCUT2D eigenvalue weighted by Gasteiger charge is -2.14. The number of esters is 1. The standard InChI is InChI=1S/C19H19BrN2O4S2/c1-3-5-8-26-14(23)10-22-18(25)16(28-19(22)27)15-12-9-11(20)6-7-13(12)21(4-2)17(15)24/h6-7,9H,3-5,8,10H2,1-2H3. The van der Waals surface area contributed by atoms with Gasteiger partial charge in [-0.25, -0.2) is 0 Å². The Labute approximate surface area is 181 Å². The van der Waals surface area contributed by atoms with E-state index < -0.39 is 11.9 Å². The van der Waals surface area contributed by atoms with Crippen LogP contribution in [-0.4, -0.2) is 46.7 Å². The van der Waals surface area contributed by atoms with Crippen LogP contribution < -0.4 is 4.90 Å². The first-order valence-corrected chi connectivity index (χ1v) is 11.0. The van der Waals surface area contributed by atoms with E-state index in [-0.39, 0.29) is 21.7 Å². The minimum Gasteiger partial charge on any atom is -0.464 e. The Morgan fingerprint density at radius 2 is 1.96 bits per heavy atom. The highest BCUT2D eigenvalue weighted by molar-refractivity contribution is 9.10. The SMILES string of the molecule is CCCCOC(=O)CN1C(=O)C(=C2C(=O)N(CC)c3ccc(Br)cc32)SC1=S. The lowest BCUT2D eigenvalue weighted by molar-refractivity contribution is -0.146. The molecule has 0 aliphatic carbocycles. The Morgan fingerprint density at radius 1 is 1.21 bits per heavy atom. The number of thioether (sulfide) groups is 1. The van der Waals surface area contributed by atoms with Crippen molar-refractivity contribution >= 4 is 73.3 Å². The van der Waals surface area contributed by atoms with Gasteiger partial charge in [-0.1, -0.05) is 53.3 Å². The van der Waals surface area contributed by atoms with Gasteiger partial charge in [0.25, 0.3) is 11.8 Å². The average molecular weight is 483 g/mol. The first kappa shape index (κ1) is 21.0. The molecule has 0 spiro atoms. The predicted octanol–water partition coefficient (Wildman–Crippen LogP) is 3.73. The Kier molecular flexibility index (Phi) is 6.57. The van der Waals surface area contributed by atoms with Gasteiger partial charge in [0.15, 0.2) is 0 Å². The maximum atomic E-state index is 13.0. The summed E-state index contributed by atoms with van der Waals surface area (Å²) in [5.74, 6) is -1.18. The number of anilines is 1. The monoisotopic (exact) mass is 482 g/mol. The molecule has 0 aromatic heterocycles. The van der Waals surface area contributed by atoms with E-state index in [0.29, 0.717) is 24.3 Å². The fraction of sp³-hybridized carbons (Fsp3) is 0.368. The van der Waals surface area contributed by atoms with Crippen LogP contribution in [0.4, 0.5) is 5.69 Å². The molecule has 2 aliphatic rings. The predicted molar refractivity (Wildman–Crippen MR) is 117 cm³/mol. The summed E-state index contributed by atoms with van der Waals surface area (Å²) >= 11 is 9.77. The highest BCUT2D eigenvalue weighted by atomic mass is 79.9. The van der Waals surface area contributed by atoms with Gasteiger partial charge in [-0.2, -0.15) is 0 Å². The number of rotatable bonds is 6. The van der Waals surface area contributed by atoms with Crippen molar-refractivity contribution in [2.24, 2.45) is 0 Å². The number of amides is 2. The molecule has 0 bridgehead atoms. The van der Waals surface area contributed by atoms with Crippen molar-refractivity contribution in [2.45, 2.75) is 26.7 Å². The smallest absolute Gasteiger partial charge is 0.326 e. The Morgan fingerprint density at radius 3 is 2.64 bits per heavy atom. The Hall–Kier alpha value is -1.71. The van der Waals surface area contributed by atoms with E-state index in [2.05, 4.69) is 15.9 Å². The Balaban J connectivity index is 1.92. The number of fused-ring (bicyclic) bond motifs is 1. The molecule has 2 aliphatic heterocycles. The van der Waals surface area contributed by atoms with Gasteiger partial charge in [0.1, 0.15) is 10.9 Å². The van der Waals surface area contributed by atoms with Gasteiger partial charge in [-0.15, -0.1) is 0 Å². The lowest BCUT2D eigenvalue weighted by atomic mass is 10.1. The molecule has 1 saturated heterocycles. The highest BCUT2D eigenvalue weighted by Crippen LogP contribution is 2.45. The summed E-state index contributed by atoms with van der Waals surface area (Å²) in [7, 11) is 0. The summed E-state index contributed by atoms with van der Waals surface area (Å²) in [6.45, 7) is 4.43. The first-order chi connectivity index (χ1) is 13.4. The van der Waals surface area contributed by atoms with Crippen LogP contribution >= 0.6 is 39.9 Å². The average Bonchev–Trinajstić information content (AvgIpc) is 3.08. The fourth-order valence-electron chi connectivity index (χ4n) is 3.03. The molecular formula is C19H19BrN2O4S2. The van der Waals surface area contributed by atoms with Crippen LogP contribution in [0, 0.1) is 0 Å². The molecule has 0 atom stereocenters. The molecule has 2 heterocycles. The molecule has 9 heteroatoms. The quantitative estimate of drug-likeness (QED) is 0.266. The summed E-state index contributed by atoms with van der Waals surface area (Å²) in [4.78, 5) is 41.1. The zero-order valence-corrected chi connectivity index (χ0v) is 18.7. The lowest BCUT2D eigenvalue weighted by Crippen LogP contribution is -2.35. The Bertz CT molecular complexity index is 900. The van der Waals surface area contributed by atoms with Crippen LogP contribution in [0.2, 0.25) is 0 Å². The van der Waals surface area contributed by atoms with Crippen molar-refractivity contribution in [3.63, 3.8) is 0 Å². The van der Waals surface area contributed by atoms with Crippen LogP contribution in [0.1, 0.15) is 32.3 Å². The summed E-state index contributed by atoms with van der Waals surface area (Å²) < 4.78 is 6.19. The van der Waals surface area contributed by atoms with Crippen molar-refractivity contribution < 1.29 is 19.1 Å². The second kappa shape index (κ2) is 8.75. The van der Waals surface area contributed by atoms with Crippen molar-refractivity contribution in [1.29, 1.82) is 0 Å². The van der Waals surface area contributed by atoms with Crippen LogP contribution in [-0.2, 0) is 19.1 Å². The molecule has 0 radical (unpaired) electrons. The molecule has 1 fully saturated rings. The molecule has 2 amide bonds. The molecule has 1 aromatic rings. The van der Waals surface area contributed by atoms with Gasteiger partial charge in [0.05, 0.1) is 22.8 Å². The van der Waals surface area contributed by atoms with E-state index in [1.54, 1.807) is 4.90 Å². The second-order valence-corrected chi connectivity index (χ2v) is 8.81. The molecular weight excluding hydrogens is 464 g/mol. The van der Waals surface area contributed by atoms with Crippen LogP contribution in [0.3, 0.4) is 0 Å². The maximum Gasteiger partial charge on any atom is 0.326 e. The zero-order chi connectivity index (χ0) is 20.4. The summed E-state index contributed by atoms with van der Waals surface area (Å²) in [5, 5.41) is 0. The largest absolute Gasteiger partial charge is 0.464 e. The van der Waals surface area contributed by atoms with Crippen molar-refractivity contribution in [1.82, 2.24) is 4.90 Å². The van der Waals surface area contributed by atoms with Crippen LogP contribution in [0.15, 0.2) is 27.6 Å². The first-order valence-electron chi connectivity index (χ1n) is 8.94. The van der Waals surface area contributed by atoms with Gasteiger partial charge in [-0.3, -0.25) is 19.3 Å². The number of carbonyl (C=O) groups excluding carboxylic acids is 3. The normalized spacial score (nSPS) is 18.9. The summed E-state index contributed by atoms with van der Waals surface area (Å²) in [6, 6.07) is 5.53. The van der Waals surface area contributed by atoms with E-state index >= 15 is 0 Å². The molecule has 0 N–H and O–H groups in total. The topological polar surface area (TPSA) is 66.9 Å². The number of halogens is 1. The molecule has 3 rings (SSSR count). The number of likely N-dealkylation sites (N-methyl/N-ethyl adjacent to an activating group) is 1. The molecule has 1 aromatic carbocycles. The minimum absolute atomic E-state index is 0.235. The third-order valence-electron chi connectivity index (χ3n) is 4.42. The zero-order valence-electron chi connectivity index (χ0n) is 15.5. The van der Waals surface area contributed by atoms with E-state index in [0.717, 1.165) is 34.8 Å². The summed E-state index contributed by atoms with van der Waals surface area (Å²) in [6.07, 6.45) is 1.67. The number of hydrogen-bond donors (Lipinski definition) is 0. The fourth-order valence-corrected chi connectivity index (χ4v) is 4.72. The molecule has 6 nitrogen and oxygen atoms in total. The van der Waals surface area contributed by atoms with Gasteiger partial charge in [0, 0.05) is 16.6 Å². The molecule has 28 heavy (non-hydrogen) atoms. The second-order valence-electron chi connectivity index (χ2n) is 6.25. The van der Waals surface area contributed by atoms with E-state index in [1.807, 2.05) is 32.0 Å². The number of thiocarbonyl (C=S) groups is 1. The van der Waals surface area contributed by atoms with Crippen LogP contribution in [0.25, 0.3) is 5.57 Å². The summed E-state index contributed by atoms with van der Waals surface area (Å²) in [5.41, 5.74) is 1.78.